The molecule has 1 N–H and O–H groups in total. The lowest BCUT2D eigenvalue weighted by Gasteiger charge is -2.07. The van der Waals surface area contributed by atoms with Gasteiger partial charge in [-0.3, -0.25) is 4.98 Å². The van der Waals surface area contributed by atoms with Crippen molar-refractivity contribution in [2.45, 2.75) is 26.9 Å². The molecule has 0 bridgehead atoms. The van der Waals surface area contributed by atoms with Crippen LogP contribution in [0.4, 0.5) is 0 Å². The molecule has 0 unspecified atom stereocenters. The minimum Gasteiger partial charge on any atom is -0.308 e. The first-order valence-corrected chi connectivity index (χ1v) is 6.63. The molecule has 0 amide bonds. The average molecular weight is 267 g/mol. The van der Waals surface area contributed by atoms with E-state index in [9.17, 15) is 0 Å². The minimum absolute atomic E-state index is 0.760. The Kier molecular flexibility index (Phi) is 3.43. The SMILES string of the molecule is Cc1cc2ncc(CNCc3cnccc3C)cn2n1. The number of hydrogen-bond acceptors (Lipinski definition) is 4. The van der Waals surface area contributed by atoms with E-state index in [0.717, 1.165) is 30.0 Å². The molecule has 0 saturated heterocycles. The number of hydrogen-bond donors (Lipinski definition) is 1. The van der Waals surface area contributed by atoms with Gasteiger partial charge in [-0.2, -0.15) is 5.10 Å². The Hall–Kier alpha value is -2.27. The predicted octanol–water partition coefficient (Wildman–Crippen LogP) is 2.03. The van der Waals surface area contributed by atoms with E-state index in [0.29, 0.717) is 0 Å². The Balaban J connectivity index is 1.66. The number of fused-ring (bicyclic) bond motifs is 1. The highest BCUT2D eigenvalue weighted by molar-refractivity contribution is 5.38. The summed E-state index contributed by atoms with van der Waals surface area (Å²) in [5, 5.41) is 7.78. The van der Waals surface area contributed by atoms with Crippen LogP contribution in [-0.4, -0.2) is 19.6 Å². The molecule has 5 nitrogen and oxygen atoms in total. The van der Waals surface area contributed by atoms with Crippen LogP contribution in [0.5, 0.6) is 0 Å². The molecule has 0 saturated carbocycles. The molecular weight excluding hydrogens is 250 g/mol. The number of pyridine rings is 1. The zero-order valence-corrected chi connectivity index (χ0v) is 11.7. The van der Waals surface area contributed by atoms with E-state index in [1.165, 1.54) is 11.1 Å². The molecule has 3 heterocycles. The quantitative estimate of drug-likeness (QED) is 0.786. The maximum atomic E-state index is 4.39. The first kappa shape index (κ1) is 12.7. The largest absolute Gasteiger partial charge is 0.308 e. The molecule has 0 aromatic carbocycles. The van der Waals surface area contributed by atoms with Crippen molar-refractivity contribution in [3.63, 3.8) is 0 Å². The van der Waals surface area contributed by atoms with E-state index in [1.807, 2.05) is 48.4 Å². The van der Waals surface area contributed by atoms with E-state index >= 15 is 0 Å². The summed E-state index contributed by atoms with van der Waals surface area (Å²) in [5.41, 5.74) is 5.45. The van der Waals surface area contributed by atoms with E-state index in [1.54, 1.807) is 0 Å². The number of rotatable bonds is 4. The zero-order valence-electron chi connectivity index (χ0n) is 11.7. The monoisotopic (exact) mass is 267 g/mol. The van der Waals surface area contributed by atoms with Crippen LogP contribution in [-0.2, 0) is 13.1 Å². The molecule has 0 fully saturated rings. The Morgan fingerprint density at radius 3 is 2.95 bits per heavy atom. The van der Waals surface area contributed by atoms with Crippen molar-refractivity contribution in [3.05, 3.63) is 59.3 Å². The highest BCUT2D eigenvalue weighted by atomic mass is 15.2. The van der Waals surface area contributed by atoms with Gasteiger partial charge in [-0.05, 0) is 31.0 Å². The third kappa shape index (κ3) is 2.67. The highest BCUT2D eigenvalue weighted by Crippen LogP contribution is 2.07. The third-order valence-corrected chi connectivity index (χ3v) is 3.28. The van der Waals surface area contributed by atoms with Gasteiger partial charge in [0.05, 0.1) is 5.69 Å². The zero-order chi connectivity index (χ0) is 13.9. The fourth-order valence-corrected chi connectivity index (χ4v) is 2.15. The summed E-state index contributed by atoms with van der Waals surface area (Å²) < 4.78 is 1.82. The first-order chi connectivity index (χ1) is 9.72. The van der Waals surface area contributed by atoms with Gasteiger partial charge < -0.3 is 5.32 Å². The Labute approximate surface area is 117 Å². The predicted molar refractivity (Wildman–Crippen MR) is 77.2 cm³/mol. The summed E-state index contributed by atoms with van der Waals surface area (Å²) in [5.74, 6) is 0. The lowest BCUT2D eigenvalue weighted by Crippen LogP contribution is -2.14. The van der Waals surface area contributed by atoms with Gasteiger partial charge in [0.15, 0.2) is 5.65 Å². The number of nitrogens with zero attached hydrogens (tertiary/aromatic N) is 4. The number of nitrogens with one attached hydrogen (secondary N) is 1. The molecule has 0 spiro atoms. The van der Waals surface area contributed by atoms with Crippen molar-refractivity contribution in [2.24, 2.45) is 0 Å². The van der Waals surface area contributed by atoms with Crippen LogP contribution in [0.1, 0.15) is 22.4 Å². The topological polar surface area (TPSA) is 55.1 Å². The van der Waals surface area contributed by atoms with Crippen molar-refractivity contribution in [2.75, 3.05) is 0 Å². The normalized spacial score (nSPS) is 11.1. The summed E-state index contributed by atoms with van der Waals surface area (Å²) in [7, 11) is 0. The molecule has 3 aromatic heterocycles. The molecule has 102 valence electrons. The Bertz CT molecular complexity index is 732. The van der Waals surface area contributed by atoms with Crippen LogP contribution in [0.15, 0.2) is 36.9 Å². The molecule has 0 radical (unpaired) electrons. The lowest BCUT2D eigenvalue weighted by molar-refractivity contribution is 0.681. The van der Waals surface area contributed by atoms with Gasteiger partial charge in [0.2, 0.25) is 0 Å². The molecule has 0 atom stereocenters. The summed E-state index contributed by atoms with van der Waals surface area (Å²) in [6, 6.07) is 3.99. The van der Waals surface area contributed by atoms with Gasteiger partial charge in [0.25, 0.3) is 0 Å². The molecule has 0 aliphatic rings. The van der Waals surface area contributed by atoms with Gasteiger partial charge in [0.1, 0.15) is 0 Å². The first-order valence-electron chi connectivity index (χ1n) is 6.63. The Morgan fingerprint density at radius 2 is 2.10 bits per heavy atom. The highest BCUT2D eigenvalue weighted by Gasteiger charge is 2.01. The average Bonchev–Trinajstić information content (AvgIpc) is 2.80. The molecule has 0 aliphatic heterocycles. The van der Waals surface area contributed by atoms with Crippen LogP contribution < -0.4 is 5.32 Å². The van der Waals surface area contributed by atoms with Crippen molar-refractivity contribution < 1.29 is 0 Å². The van der Waals surface area contributed by atoms with Crippen LogP contribution in [0.3, 0.4) is 0 Å². The maximum Gasteiger partial charge on any atom is 0.155 e. The van der Waals surface area contributed by atoms with Crippen LogP contribution >= 0.6 is 0 Å². The second kappa shape index (κ2) is 5.38. The third-order valence-electron chi connectivity index (χ3n) is 3.28. The summed E-state index contributed by atoms with van der Waals surface area (Å²) >= 11 is 0. The summed E-state index contributed by atoms with van der Waals surface area (Å²) in [6.07, 6.45) is 7.62. The Morgan fingerprint density at radius 1 is 1.20 bits per heavy atom. The van der Waals surface area contributed by atoms with E-state index in [2.05, 4.69) is 27.3 Å². The van der Waals surface area contributed by atoms with Gasteiger partial charge in [0, 0.05) is 49.5 Å². The summed E-state index contributed by atoms with van der Waals surface area (Å²) in [4.78, 5) is 8.54. The smallest absolute Gasteiger partial charge is 0.155 e. The van der Waals surface area contributed by atoms with Gasteiger partial charge in [-0.25, -0.2) is 9.50 Å². The standard InChI is InChI=1S/C15H17N5/c1-11-3-4-16-8-14(11)9-17-6-13-7-18-15-5-12(2)19-20(15)10-13/h3-5,7-8,10,17H,6,9H2,1-2H3. The van der Waals surface area contributed by atoms with Crippen LogP contribution in [0.2, 0.25) is 0 Å². The van der Waals surface area contributed by atoms with Crippen molar-refractivity contribution in [1.82, 2.24) is 24.9 Å². The second-order valence-corrected chi connectivity index (χ2v) is 4.96. The van der Waals surface area contributed by atoms with Crippen LogP contribution in [0, 0.1) is 13.8 Å². The van der Waals surface area contributed by atoms with E-state index in [-0.39, 0.29) is 0 Å². The summed E-state index contributed by atoms with van der Waals surface area (Å²) in [6.45, 7) is 5.63. The lowest BCUT2D eigenvalue weighted by atomic mass is 10.1. The molecule has 20 heavy (non-hydrogen) atoms. The van der Waals surface area contributed by atoms with Crippen LogP contribution in [0.25, 0.3) is 5.65 Å². The molecule has 3 rings (SSSR count). The molecular formula is C15H17N5. The maximum absolute atomic E-state index is 4.39. The number of aryl methyl sites for hydroxylation is 2. The van der Waals surface area contributed by atoms with Crippen molar-refractivity contribution >= 4 is 5.65 Å². The molecule has 5 heteroatoms. The fraction of sp³-hybridized carbons (Fsp3) is 0.267. The fourth-order valence-electron chi connectivity index (χ4n) is 2.15. The second-order valence-electron chi connectivity index (χ2n) is 4.96. The van der Waals surface area contributed by atoms with Crippen molar-refractivity contribution in [3.8, 4) is 0 Å². The number of aromatic nitrogens is 4. The van der Waals surface area contributed by atoms with E-state index in [4.69, 9.17) is 0 Å². The van der Waals surface area contributed by atoms with Crippen molar-refractivity contribution in [1.29, 1.82) is 0 Å². The molecule has 0 aliphatic carbocycles. The molecule has 3 aromatic rings. The van der Waals surface area contributed by atoms with Gasteiger partial charge >= 0.3 is 0 Å². The van der Waals surface area contributed by atoms with E-state index < -0.39 is 0 Å². The van der Waals surface area contributed by atoms with Gasteiger partial charge in [-0.15, -0.1) is 0 Å². The van der Waals surface area contributed by atoms with Gasteiger partial charge in [-0.1, -0.05) is 0 Å². The minimum atomic E-state index is 0.760.